The van der Waals surface area contributed by atoms with Crippen molar-refractivity contribution in [2.24, 2.45) is 0 Å². The summed E-state index contributed by atoms with van der Waals surface area (Å²) >= 11 is 0. The summed E-state index contributed by atoms with van der Waals surface area (Å²) in [7, 11) is 0. The maximum atomic E-state index is 4.95. The Balaban J connectivity index is 1.73. The first-order valence-corrected chi connectivity index (χ1v) is 9.15. The van der Waals surface area contributed by atoms with Gasteiger partial charge in [-0.3, -0.25) is 9.67 Å². The van der Waals surface area contributed by atoms with Crippen LogP contribution in [0.5, 0.6) is 0 Å². The van der Waals surface area contributed by atoms with Crippen molar-refractivity contribution in [2.75, 3.05) is 0 Å². The Kier molecular flexibility index (Phi) is 3.55. The van der Waals surface area contributed by atoms with Crippen LogP contribution in [-0.4, -0.2) is 29.5 Å². The van der Waals surface area contributed by atoms with Crippen molar-refractivity contribution in [3.05, 3.63) is 66.6 Å². The molecule has 0 bridgehead atoms. The molecule has 0 spiro atoms. The molecule has 4 aromatic rings. The molecule has 130 valence electrons. The quantitative estimate of drug-likeness (QED) is 0.551. The van der Waals surface area contributed by atoms with E-state index in [0.717, 1.165) is 34.7 Å². The second-order valence-corrected chi connectivity index (χ2v) is 6.78. The van der Waals surface area contributed by atoms with Gasteiger partial charge in [-0.15, -0.1) is 0 Å². The van der Waals surface area contributed by atoms with Crippen molar-refractivity contribution >= 4 is 10.9 Å². The highest BCUT2D eigenvalue weighted by Gasteiger charge is 2.31. The monoisotopic (exact) mass is 344 g/mol. The molecular weight excluding hydrogens is 324 g/mol. The smallest absolute Gasteiger partial charge is 0.157 e. The van der Waals surface area contributed by atoms with Crippen molar-refractivity contribution in [3.8, 4) is 5.69 Å². The number of pyridine rings is 1. The molecule has 6 heteroatoms. The minimum atomic E-state index is 0.0453. The zero-order valence-corrected chi connectivity index (χ0v) is 14.7. The van der Waals surface area contributed by atoms with Crippen LogP contribution in [0.15, 0.2) is 55.0 Å². The fourth-order valence-electron chi connectivity index (χ4n) is 3.46. The summed E-state index contributed by atoms with van der Waals surface area (Å²) in [6.07, 6.45) is 8.87. The number of fused-ring (bicyclic) bond motifs is 1. The lowest BCUT2D eigenvalue weighted by Gasteiger charge is -2.16. The summed E-state index contributed by atoms with van der Waals surface area (Å²) in [5.74, 6) is 2.36. The number of hydrogen-bond acceptors (Lipinski definition) is 4. The van der Waals surface area contributed by atoms with Gasteiger partial charge in [-0.1, -0.05) is 25.1 Å². The lowest BCUT2D eigenvalue weighted by atomic mass is 10.1. The third-order valence-corrected chi connectivity index (χ3v) is 4.96. The highest BCUT2D eigenvalue weighted by atomic mass is 15.4. The van der Waals surface area contributed by atoms with Crippen molar-refractivity contribution < 1.29 is 0 Å². The second-order valence-electron chi connectivity index (χ2n) is 6.78. The Morgan fingerprint density at radius 1 is 1.12 bits per heavy atom. The minimum absolute atomic E-state index is 0.0453. The Labute approximate surface area is 151 Å². The molecule has 26 heavy (non-hydrogen) atoms. The molecule has 1 fully saturated rings. The SMILES string of the molecule is CC[C@H](c1nc(C2CC2)nn1-c1cccc2cccnc12)n1cccn1. The normalized spacial score (nSPS) is 15.4. The average molecular weight is 344 g/mol. The van der Waals surface area contributed by atoms with Gasteiger partial charge >= 0.3 is 0 Å². The molecule has 1 aromatic carbocycles. The van der Waals surface area contributed by atoms with Gasteiger partial charge in [0.2, 0.25) is 0 Å². The van der Waals surface area contributed by atoms with Crippen LogP contribution in [0.4, 0.5) is 0 Å². The van der Waals surface area contributed by atoms with E-state index in [0.29, 0.717) is 5.92 Å². The molecule has 0 unspecified atom stereocenters. The maximum absolute atomic E-state index is 4.95. The van der Waals surface area contributed by atoms with Gasteiger partial charge in [-0.25, -0.2) is 9.67 Å². The van der Waals surface area contributed by atoms with Gasteiger partial charge < -0.3 is 0 Å². The van der Waals surface area contributed by atoms with Crippen LogP contribution in [0.25, 0.3) is 16.6 Å². The first-order chi connectivity index (χ1) is 12.8. The topological polar surface area (TPSA) is 61.4 Å². The van der Waals surface area contributed by atoms with Gasteiger partial charge in [0.25, 0.3) is 0 Å². The highest BCUT2D eigenvalue weighted by Crippen LogP contribution is 2.39. The predicted octanol–water partition coefficient (Wildman–Crippen LogP) is 3.89. The molecule has 0 N–H and O–H groups in total. The van der Waals surface area contributed by atoms with E-state index in [9.17, 15) is 0 Å². The molecule has 3 heterocycles. The van der Waals surface area contributed by atoms with E-state index in [1.807, 2.05) is 40.1 Å². The number of aromatic nitrogens is 6. The lowest BCUT2D eigenvalue weighted by molar-refractivity contribution is 0.474. The van der Waals surface area contributed by atoms with Gasteiger partial charge in [-0.2, -0.15) is 10.2 Å². The van der Waals surface area contributed by atoms with Crippen LogP contribution in [0.2, 0.25) is 0 Å². The zero-order chi connectivity index (χ0) is 17.5. The molecule has 0 radical (unpaired) electrons. The molecule has 1 atom stereocenters. The fourth-order valence-corrected chi connectivity index (χ4v) is 3.46. The van der Waals surface area contributed by atoms with Gasteiger partial charge in [0.05, 0.1) is 11.2 Å². The number of rotatable bonds is 5. The van der Waals surface area contributed by atoms with E-state index in [-0.39, 0.29) is 6.04 Å². The summed E-state index contributed by atoms with van der Waals surface area (Å²) in [5, 5.41) is 10.4. The standard InChI is InChI=1S/C20H20N6/c1-2-16(25-13-5-12-22-25)20-23-19(15-9-10-15)24-26(20)17-8-3-6-14-7-4-11-21-18(14)17/h3-8,11-13,15-16H,2,9-10H2,1H3/t16-/m1/s1. The van der Waals surface area contributed by atoms with E-state index in [1.54, 1.807) is 0 Å². The molecule has 3 aromatic heterocycles. The largest absolute Gasteiger partial charge is 0.262 e. The van der Waals surface area contributed by atoms with E-state index >= 15 is 0 Å². The van der Waals surface area contributed by atoms with E-state index in [4.69, 9.17) is 10.1 Å². The molecule has 1 aliphatic carbocycles. The molecular formula is C20H20N6. The van der Waals surface area contributed by atoms with Crippen molar-refractivity contribution in [3.63, 3.8) is 0 Å². The second kappa shape index (κ2) is 6.05. The van der Waals surface area contributed by atoms with Crippen LogP contribution in [0.1, 0.15) is 49.8 Å². The Morgan fingerprint density at radius 3 is 2.77 bits per heavy atom. The van der Waals surface area contributed by atoms with Crippen LogP contribution >= 0.6 is 0 Å². The Hall–Kier alpha value is -3.02. The third kappa shape index (κ3) is 2.49. The van der Waals surface area contributed by atoms with E-state index in [1.165, 1.54) is 12.8 Å². The summed E-state index contributed by atoms with van der Waals surface area (Å²) < 4.78 is 3.95. The summed E-state index contributed by atoms with van der Waals surface area (Å²) in [4.78, 5) is 9.55. The fraction of sp³-hybridized carbons (Fsp3) is 0.300. The minimum Gasteiger partial charge on any atom is -0.262 e. The molecule has 0 amide bonds. The average Bonchev–Trinajstić information content (AvgIpc) is 3.22. The summed E-state index contributed by atoms with van der Waals surface area (Å²) in [6.45, 7) is 2.16. The van der Waals surface area contributed by atoms with Crippen molar-refractivity contribution in [2.45, 2.75) is 38.1 Å². The maximum Gasteiger partial charge on any atom is 0.157 e. The first-order valence-electron chi connectivity index (χ1n) is 9.15. The molecule has 6 nitrogen and oxygen atoms in total. The van der Waals surface area contributed by atoms with Gasteiger partial charge in [0.1, 0.15) is 6.04 Å². The van der Waals surface area contributed by atoms with Crippen LogP contribution in [0, 0.1) is 0 Å². The highest BCUT2D eigenvalue weighted by molar-refractivity contribution is 5.86. The lowest BCUT2D eigenvalue weighted by Crippen LogP contribution is -2.16. The van der Waals surface area contributed by atoms with Gasteiger partial charge in [-0.05, 0) is 37.5 Å². The Bertz CT molecular complexity index is 1040. The van der Waals surface area contributed by atoms with Crippen LogP contribution in [0.3, 0.4) is 0 Å². The summed E-state index contributed by atoms with van der Waals surface area (Å²) in [6, 6.07) is 12.2. The van der Waals surface area contributed by atoms with E-state index < -0.39 is 0 Å². The van der Waals surface area contributed by atoms with Crippen molar-refractivity contribution in [1.29, 1.82) is 0 Å². The third-order valence-electron chi connectivity index (χ3n) is 4.96. The Morgan fingerprint density at radius 2 is 2.00 bits per heavy atom. The number of nitrogens with zero attached hydrogens (tertiary/aromatic N) is 6. The van der Waals surface area contributed by atoms with Crippen LogP contribution < -0.4 is 0 Å². The molecule has 1 saturated carbocycles. The number of benzene rings is 1. The number of para-hydroxylation sites is 1. The molecule has 1 aliphatic rings. The van der Waals surface area contributed by atoms with Gasteiger partial charge in [0, 0.05) is 29.9 Å². The molecule has 0 aliphatic heterocycles. The zero-order valence-electron chi connectivity index (χ0n) is 14.7. The predicted molar refractivity (Wildman–Crippen MR) is 99.3 cm³/mol. The number of hydrogen-bond donors (Lipinski definition) is 0. The summed E-state index contributed by atoms with van der Waals surface area (Å²) in [5.41, 5.74) is 1.92. The van der Waals surface area contributed by atoms with Crippen molar-refractivity contribution in [1.82, 2.24) is 29.5 Å². The van der Waals surface area contributed by atoms with Crippen LogP contribution in [-0.2, 0) is 0 Å². The van der Waals surface area contributed by atoms with E-state index in [2.05, 4.69) is 41.3 Å². The molecule has 5 rings (SSSR count). The van der Waals surface area contributed by atoms with Gasteiger partial charge in [0.15, 0.2) is 11.6 Å². The molecule has 0 saturated heterocycles. The first kappa shape index (κ1) is 15.3.